The number of aromatic hydroxyl groups is 1. The maximum Gasteiger partial charge on any atom is 0.138 e. The number of rotatable bonds is 4. The van der Waals surface area contributed by atoms with Crippen molar-refractivity contribution in [3.8, 4) is 11.8 Å². The number of nitriles is 1. The number of piperidine rings is 1. The van der Waals surface area contributed by atoms with Gasteiger partial charge in [0, 0.05) is 24.5 Å². The van der Waals surface area contributed by atoms with Crippen LogP contribution in [0.4, 0.5) is 11.4 Å². The highest BCUT2D eigenvalue weighted by Crippen LogP contribution is 2.27. The van der Waals surface area contributed by atoms with Gasteiger partial charge in [0.2, 0.25) is 0 Å². The molecule has 0 amide bonds. The van der Waals surface area contributed by atoms with E-state index in [1.54, 1.807) is 12.1 Å². The molecule has 0 aliphatic carbocycles. The standard InChI is InChI=1S/C19H22N4O2/c1-13-2-5-19(25)17(22-13)12-21-15-3-4-18(14(10-15)11-20)23-8-6-16(24)7-9-23/h2-5,10,16,21,24-25H,6-9,12H2,1H3. The number of hydrogen-bond donors (Lipinski definition) is 3. The van der Waals surface area contributed by atoms with Crippen LogP contribution >= 0.6 is 0 Å². The van der Waals surface area contributed by atoms with Crippen LogP contribution in [0.2, 0.25) is 0 Å². The summed E-state index contributed by atoms with van der Waals surface area (Å²) in [5, 5.41) is 32.2. The molecule has 1 saturated heterocycles. The third-order valence-electron chi connectivity index (χ3n) is 4.47. The monoisotopic (exact) mass is 338 g/mol. The van der Waals surface area contributed by atoms with E-state index in [9.17, 15) is 15.5 Å². The van der Waals surface area contributed by atoms with Crippen LogP contribution in [-0.2, 0) is 6.54 Å². The van der Waals surface area contributed by atoms with Gasteiger partial charge in [-0.05, 0) is 50.1 Å². The number of benzene rings is 1. The van der Waals surface area contributed by atoms with E-state index < -0.39 is 0 Å². The first-order chi connectivity index (χ1) is 12.1. The molecule has 1 fully saturated rings. The second-order valence-corrected chi connectivity index (χ2v) is 6.33. The average molecular weight is 338 g/mol. The van der Waals surface area contributed by atoms with Gasteiger partial charge >= 0.3 is 0 Å². The lowest BCUT2D eigenvalue weighted by molar-refractivity contribution is 0.145. The molecule has 6 nitrogen and oxygen atoms in total. The van der Waals surface area contributed by atoms with Crippen molar-refractivity contribution in [1.82, 2.24) is 4.98 Å². The molecule has 3 rings (SSSR count). The van der Waals surface area contributed by atoms with Gasteiger partial charge in [-0.3, -0.25) is 4.98 Å². The topological polar surface area (TPSA) is 92.4 Å². The molecule has 1 aromatic heterocycles. The maximum atomic E-state index is 9.87. The van der Waals surface area contributed by atoms with Crippen molar-refractivity contribution < 1.29 is 10.2 Å². The van der Waals surface area contributed by atoms with Crippen LogP contribution in [0.15, 0.2) is 30.3 Å². The summed E-state index contributed by atoms with van der Waals surface area (Å²) in [6.45, 7) is 3.77. The lowest BCUT2D eigenvalue weighted by Crippen LogP contribution is -2.36. The van der Waals surface area contributed by atoms with Crippen LogP contribution in [0.1, 0.15) is 29.8 Å². The molecule has 0 atom stereocenters. The summed E-state index contributed by atoms with van der Waals surface area (Å²) >= 11 is 0. The molecule has 1 aromatic carbocycles. The number of pyridine rings is 1. The van der Waals surface area contributed by atoms with Gasteiger partial charge < -0.3 is 20.4 Å². The van der Waals surface area contributed by atoms with Gasteiger partial charge in [-0.1, -0.05) is 0 Å². The zero-order valence-electron chi connectivity index (χ0n) is 14.2. The first-order valence-corrected chi connectivity index (χ1v) is 8.43. The van der Waals surface area contributed by atoms with Crippen LogP contribution in [0.3, 0.4) is 0 Å². The lowest BCUT2D eigenvalue weighted by Gasteiger charge is -2.32. The van der Waals surface area contributed by atoms with E-state index in [0.717, 1.165) is 43.0 Å². The van der Waals surface area contributed by atoms with Gasteiger partial charge in [-0.15, -0.1) is 0 Å². The lowest BCUT2D eigenvalue weighted by atomic mass is 10.0. The maximum absolute atomic E-state index is 9.87. The van der Waals surface area contributed by atoms with Crippen molar-refractivity contribution in [1.29, 1.82) is 5.26 Å². The van der Waals surface area contributed by atoms with E-state index in [4.69, 9.17) is 0 Å². The highest BCUT2D eigenvalue weighted by Gasteiger charge is 2.19. The predicted octanol–water partition coefficient (Wildman–Crippen LogP) is 2.54. The molecular weight excluding hydrogens is 316 g/mol. The summed E-state index contributed by atoms with van der Waals surface area (Å²) < 4.78 is 0. The van der Waals surface area contributed by atoms with Crippen molar-refractivity contribution >= 4 is 11.4 Å². The number of anilines is 2. The molecule has 2 heterocycles. The van der Waals surface area contributed by atoms with Gasteiger partial charge in [0.25, 0.3) is 0 Å². The summed E-state index contributed by atoms with van der Waals surface area (Å²) in [6, 6.07) is 11.3. The SMILES string of the molecule is Cc1ccc(O)c(CNc2ccc(N3CCC(O)CC3)c(C#N)c2)n1. The van der Waals surface area contributed by atoms with Crippen LogP contribution in [-0.4, -0.2) is 34.4 Å². The van der Waals surface area contributed by atoms with E-state index in [1.165, 1.54) is 0 Å². The van der Waals surface area contributed by atoms with Crippen LogP contribution in [0.25, 0.3) is 0 Å². The van der Waals surface area contributed by atoms with E-state index in [-0.39, 0.29) is 11.9 Å². The Morgan fingerprint density at radius 1 is 1.28 bits per heavy atom. The quantitative estimate of drug-likeness (QED) is 0.793. The molecule has 0 radical (unpaired) electrons. The first-order valence-electron chi connectivity index (χ1n) is 8.43. The molecule has 0 saturated carbocycles. The Morgan fingerprint density at radius 3 is 2.76 bits per heavy atom. The molecule has 2 aromatic rings. The zero-order valence-corrected chi connectivity index (χ0v) is 14.2. The molecular formula is C19H22N4O2. The highest BCUT2D eigenvalue weighted by molar-refractivity contribution is 5.65. The van der Waals surface area contributed by atoms with Crippen molar-refractivity contribution in [3.63, 3.8) is 0 Å². The zero-order chi connectivity index (χ0) is 17.8. The van der Waals surface area contributed by atoms with Gasteiger partial charge in [0.15, 0.2) is 0 Å². The molecule has 3 N–H and O–H groups in total. The molecule has 0 unspecified atom stereocenters. The normalized spacial score (nSPS) is 15.0. The molecule has 25 heavy (non-hydrogen) atoms. The highest BCUT2D eigenvalue weighted by atomic mass is 16.3. The summed E-state index contributed by atoms with van der Waals surface area (Å²) in [5.41, 5.74) is 3.72. The fraction of sp³-hybridized carbons (Fsp3) is 0.368. The van der Waals surface area contributed by atoms with Gasteiger partial charge in [-0.2, -0.15) is 5.26 Å². The fourth-order valence-corrected chi connectivity index (χ4v) is 3.04. The van der Waals surface area contributed by atoms with E-state index in [0.29, 0.717) is 17.8 Å². The van der Waals surface area contributed by atoms with Crippen molar-refractivity contribution in [3.05, 3.63) is 47.3 Å². The molecule has 0 bridgehead atoms. The second kappa shape index (κ2) is 7.41. The minimum atomic E-state index is -0.239. The van der Waals surface area contributed by atoms with E-state index >= 15 is 0 Å². The van der Waals surface area contributed by atoms with E-state index in [1.807, 2.05) is 25.1 Å². The number of hydrogen-bond acceptors (Lipinski definition) is 6. The molecule has 1 aliphatic heterocycles. The van der Waals surface area contributed by atoms with Crippen molar-refractivity contribution in [2.45, 2.75) is 32.4 Å². The van der Waals surface area contributed by atoms with Gasteiger partial charge in [-0.25, -0.2) is 0 Å². The molecule has 130 valence electrons. The minimum absolute atomic E-state index is 0.155. The Balaban J connectivity index is 1.73. The predicted molar refractivity (Wildman–Crippen MR) is 96.6 cm³/mol. The Bertz CT molecular complexity index is 792. The third kappa shape index (κ3) is 4.01. The number of aliphatic hydroxyl groups excluding tert-OH is 1. The number of aryl methyl sites for hydroxylation is 1. The van der Waals surface area contributed by atoms with Crippen molar-refractivity contribution in [2.24, 2.45) is 0 Å². The van der Waals surface area contributed by atoms with Gasteiger partial charge in [0.1, 0.15) is 17.5 Å². The van der Waals surface area contributed by atoms with Crippen LogP contribution in [0, 0.1) is 18.3 Å². The Morgan fingerprint density at radius 2 is 2.04 bits per heavy atom. The minimum Gasteiger partial charge on any atom is -0.506 e. The molecule has 1 aliphatic rings. The Hall–Kier alpha value is -2.78. The summed E-state index contributed by atoms with van der Waals surface area (Å²) in [6.07, 6.45) is 1.21. The summed E-state index contributed by atoms with van der Waals surface area (Å²) in [4.78, 5) is 6.46. The average Bonchev–Trinajstić information content (AvgIpc) is 2.63. The Labute approximate surface area is 147 Å². The number of nitrogens with one attached hydrogen (secondary N) is 1. The summed E-state index contributed by atoms with van der Waals surface area (Å²) in [5.74, 6) is 0.155. The second-order valence-electron chi connectivity index (χ2n) is 6.33. The third-order valence-corrected chi connectivity index (χ3v) is 4.47. The van der Waals surface area contributed by atoms with Crippen LogP contribution in [0.5, 0.6) is 5.75 Å². The molecule has 0 spiro atoms. The smallest absolute Gasteiger partial charge is 0.138 e. The van der Waals surface area contributed by atoms with Crippen molar-refractivity contribution in [2.75, 3.05) is 23.3 Å². The number of aromatic nitrogens is 1. The molecule has 6 heteroatoms. The summed E-state index contributed by atoms with van der Waals surface area (Å²) in [7, 11) is 0. The van der Waals surface area contributed by atoms with E-state index in [2.05, 4.69) is 21.3 Å². The fourth-order valence-electron chi connectivity index (χ4n) is 3.04. The number of nitrogens with zero attached hydrogens (tertiary/aromatic N) is 3. The first kappa shape index (κ1) is 17.1. The number of aliphatic hydroxyl groups is 1. The Kier molecular flexibility index (Phi) is 5.05. The van der Waals surface area contributed by atoms with Gasteiger partial charge in [0.05, 0.1) is 23.9 Å². The largest absolute Gasteiger partial charge is 0.506 e. The van der Waals surface area contributed by atoms with Crippen LogP contribution < -0.4 is 10.2 Å².